The first kappa shape index (κ1) is 16.6. The summed E-state index contributed by atoms with van der Waals surface area (Å²) in [5.41, 5.74) is 0. The Morgan fingerprint density at radius 3 is 2.27 bits per heavy atom. The normalized spacial score (nSPS) is 43.4. The van der Waals surface area contributed by atoms with Crippen LogP contribution in [-0.2, 0) is 38.0 Å². The predicted octanol–water partition coefficient (Wildman–Crippen LogP) is 0.359. The monoisotopic (exact) mass is 338 g/mol. The van der Waals surface area contributed by atoms with E-state index in [2.05, 4.69) is 0 Å². The topological polar surface area (TPSA) is 89.5 Å². The van der Waals surface area contributed by atoms with Crippen LogP contribution in [0, 0.1) is 0 Å². The zero-order valence-corrected chi connectivity index (χ0v) is 14.1. The van der Waals surface area contributed by atoms with Crippen LogP contribution < -0.4 is 0 Å². The highest BCUT2D eigenvalue weighted by molar-refractivity contribution is 7.86. The maximum atomic E-state index is 11.6. The number of ether oxygens (including phenoxy) is 5. The minimum Gasteiger partial charge on any atom is -0.348 e. The van der Waals surface area contributed by atoms with Crippen molar-refractivity contribution in [1.29, 1.82) is 0 Å². The summed E-state index contributed by atoms with van der Waals surface area (Å²) in [6.07, 6.45) is -2.39. The third-order valence-corrected chi connectivity index (χ3v) is 4.28. The first-order valence-electron chi connectivity index (χ1n) is 7.17. The summed E-state index contributed by atoms with van der Waals surface area (Å²) in [5.74, 6) is -1.75. The van der Waals surface area contributed by atoms with Crippen molar-refractivity contribution in [1.82, 2.24) is 0 Å². The summed E-state index contributed by atoms with van der Waals surface area (Å²) < 4.78 is 57.2. The molecule has 128 valence electrons. The maximum absolute atomic E-state index is 11.6. The van der Waals surface area contributed by atoms with Gasteiger partial charge in [0.05, 0.1) is 12.9 Å². The Hall–Kier alpha value is -0.290. The van der Waals surface area contributed by atoms with Gasteiger partial charge < -0.3 is 23.7 Å². The van der Waals surface area contributed by atoms with E-state index < -0.39 is 52.4 Å². The fourth-order valence-corrected chi connectivity index (χ4v) is 3.59. The van der Waals surface area contributed by atoms with E-state index in [9.17, 15) is 8.42 Å². The van der Waals surface area contributed by atoms with Crippen molar-refractivity contribution >= 4 is 10.1 Å². The lowest BCUT2D eigenvalue weighted by Crippen LogP contribution is -2.64. The number of hydrogen-bond donors (Lipinski definition) is 0. The van der Waals surface area contributed by atoms with Crippen LogP contribution >= 0.6 is 0 Å². The number of hydrogen-bond acceptors (Lipinski definition) is 8. The smallest absolute Gasteiger partial charge is 0.264 e. The van der Waals surface area contributed by atoms with Crippen LogP contribution in [0.3, 0.4) is 0 Å². The molecule has 3 rings (SSSR count). The molecule has 0 bridgehead atoms. The van der Waals surface area contributed by atoms with Crippen molar-refractivity contribution in [2.24, 2.45) is 0 Å². The molecule has 3 aliphatic rings. The molecule has 3 fully saturated rings. The third kappa shape index (κ3) is 3.30. The Balaban J connectivity index is 1.91. The molecule has 3 heterocycles. The van der Waals surface area contributed by atoms with Gasteiger partial charge in [0.15, 0.2) is 17.9 Å². The molecule has 0 radical (unpaired) electrons. The lowest BCUT2D eigenvalue weighted by Gasteiger charge is -2.48. The fraction of sp³-hybridized carbons (Fsp3) is 1.00. The molecular weight excluding hydrogens is 316 g/mol. The van der Waals surface area contributed by atoms with Crippen LogP contribution in [0.25, 0.3) is 0 Å². The van der Waals surface area contributed by atoms with Gasteiger partial charge in [0, 0.05) is 0 Å². The van der Waals surface area contributed by atoms with Gasteiger partial charge in [-0.05, 0) is 27.7 Å². The van der Waals surface area contributed by atoms with Crippen molar-refractivity contribution in [2.75, 3.05) is 12.9 Å². The molecule has 8 nitrogen and oxygen atoms in total. The minimum atomic E-state index is -3.70. The second-order valence-electron chi connectivity index (χ2n) is 6.70. The predicted molar refractivity (Wildman–Crippen MR) is 73.3 cm³/mol. The van der Waals surface area contributed by atoms with Gasteiger partial charge in [-0.1, -0.05) is 0 Å². The summed E-state index contributed by atoms with van der Waals surface area (Å²) >= 11 is 0. The van der Waals surface area contributed by atoms with Gasteiger partial charge in [-0.3, -0.25) is 4.18 Å². The Bertz CT molecular complexity index is 540. The van der Waals surface area contributed by atoms with E-state index >= 15 is 0 Å². The molecule has 0 amide bonds. The molecule has 5 atom stereocenters. The molecule has 22 heavy (non-hydrogen) atoms. The maximum Gasteiger partial charge on any atom is 0.264 e. The fourth-order valence-electron chi connectivity index (χ4n) is 2.97. The second kappa shape index (κ2) is 5.10. The molecule has 0 N–H and O–H groups in total. The number of rotatable bonds is 2. The van der Waals surface area contributed by atoms with Gasteiger partial charge >= 0.3 is 0 Å². The molecule has 0 aromatic rings. The molecule has 0 spiro atoms. The summed E-state index contributed by atoms with van der Waals surface area (Å²) in [7, 11) is -3.70. The van der Waals surface area contributed by atoms with Crippen LogP contribution in [0.5, 0.6) is 0 Å². The molecule has 3 saturated heterocycles. The van der Waals surface area contributed by atoms with Crippen LogP contribution in [0.2, 0.25) is 0 Å². The minimum absolute atomic E-state index is 0.258. The SMILES string of the molecule is CC1(C)O[C@H]2O[C@@H]3COC(C)(C)O[C@H]3[C@H](OS(C)(=O)=O)[C@H]2O1. The third-order valence-electron chi connectivity index (χ3n) is 3.71. The van der Waals surface area contributed by atoms with Crippen LogP contribution in [-0.4, -0.2) is 63.6 Å². The van der Waals surface area contributed by atoms with Crippen LogP contribution in [0.1, 0.15) is 27.7 Å². The van der Waals surface area contributed by atoms with Crippen molar-refractivity contribution in [3.8, 4) is 0 Å². The highest BCUT2D eigenvalue weighted by Crippen LogP contribution is 2.41. The van der Waals surface area contributed by atoms with E-state index in [0.717, 1.165) is 6.26 Å². The van der Waals surface area contributed by atoms with E-state index in [1.54, 1.807) is 27.7 Å². The zero-order chi connectivity index (χ0) is 16.3. The average molecular weight is 338 g/mol. The van der Waals surface area contributed by atoms with Crippen molar-refractivity contribution < 1.29 is 36.3 Å². The molecule has 0 saturated carbocycles. The van der Waals surface area contributed by atoms with Crippen LogP contribution in [0.4, 0.5) is 0 Å². The largest absolute Gasteiger partial charge is 0.348 e. The summed E-state index contributed by atoms with van der Waals surface area (Å²) in [5, 5.41) is 0. The van der Waals surface area contributed by atoms with E-state index in [-0.39, 0.29) is 6.61 Å². The van der Waals surface area contributed by atoms with Gasteiger partial charge in [0.2, 0.25) is 0 Å². The lowest BCUT2D eigenvalue weighted by molar-refractivity contribution is -0.362. The highest BCUT2D eigenvalue weighted by Gasteiger charge is 2.59. The highest BCUT2D eigenvalue weighted by atomic mass is 32.2. The second-order valence-corrected chi connectivity index (χ2v) is 8.30. The Morgan fingerprint density at radius 2 is 1.64 bits per heavy atom. The molecule has 0 aromatic heterocycles. The number of fused-ring (bicyclic) bond motifs is 2. The molecule has 0 unspecified atom stereocenters. The summed E-state index contributed by atoms with van der Waals surface area (Å²) in [4.78, 5) is 0. The Labute approximate surface area is 130 Å². The molecule has 3 aliphatic heterocycles. The summed E-state index contributed by atoms with van der Waals surface area (Å²) in [6.45, 7) is 7.23. The quantitative estimate of drug-likeness (QED) is 0.667. The van der Waals surface area contributed by atoms with Gasteiger partial charge in [0.25, 0.3) is 10.1 Å². The van der Waals surface area contributed by atoms with Gasteiger partial charge in [-0.15, -0.1) is 0 Å². The first-order valence-corrected chi connectivity index (χ1v) is 8.99. The Kier molecular flexibility index (Phi) is 3.84. The van der Waals surface area contributed by atoms with Gasteiger partial charge in [0.1, 0.15) is 24.4 Å². The molecule has 9 heteroatoms. The standard InChI is InChI=1S/C13H22O8S/c1-12(2)16-6-7-8(18-12)9(21-22(5,14)15)10-11(17-7)20-13(3,4)19-10/h7-11H,6H2,1-5H3/t7-,8-,9+,10-,11-/m1/s1. The van der Waals surface area contributed by atoms with Gasteiger partial charge in [-0.2, -0.15) is 8.42 Å². The average Bonchev–Trinajstić information content (AvgIpc) is 2.62. The van der Waals surface area contributed by atoms with E-state index in [0.29, 0.717) is 0 Å². The van der Waals surface area contributed by atoms with E-state index in [4.69, 9.17) is 27.9 Å². The van der Waals surface area contributed by atoms with E-state index in [1.807, 2.05) is 0 Å². The van der Waals surface area contributed by atoms with Gasteiger partial charge in [-0.25, -0.2) is 0 Å². The molecule has 0 aliphatic carbocycles. The van der Waals surface area contributed by atoms with Crippen LogP contribution in [0.15, 0.2) is 0 Å². The first-order chi connectivity index (χ1) is 9.96. The lowest BCUT2D eigenvalue weighted by atomic mass is 9.97. The van der Waals surface area contributed by atoms with E-state index in [1.165, 1.54) is 0 Å². The molecular formula is C13H22O8S. The summed E-state index contributed by atoms with van der Waals surface area (Å²) in [6, 6.07) is 0. The zero-order valence-electron chi connectivity index (χ0n) is 13.3. The van der Waals surface area contributed by atoms with Crippen molar-refractivity contribution in [2.45, 2.75) is 70.0 Å². The molecule has 0 aromatic carbocycles. The van der Waals surface area contributed by atoms with Crippen molar-refractivity contribution in [3.05, 3.63) is 0 Å². The van der Waals surface area contributed by atoms with Crippen molar-refractivity contribution in [3.63, 3.8) is 0 Å². The Morgan fingerprint density at radius 1 is 1.00 bits per heavy atom.